The number of benzene rings is 2. The molecule has 0 bridgehead atoms. The molecule has 0 radical (unpaired) electrons. The zero-order valence-electron chi connectivity index (χ0n) is 15.6. The summed E-state index contributed by atoms with van der Waals surface area (Å²) in [6.07, 6.45) is 0.825. The third-order valence-electron chi connectivity index (χ3n) is 3.83. The van der Waals surface area contributed by atoms with Crippen LogP contribution in [0, 0.1) is 19.7 Å². The van der Waals surface area contributed by atoms with Gasteiger partial charge in [0.05, 0.1) is 7.11 Å². The van der Waals surface area contributed by atoms with Crippen LogP contribution in [0.15, 0.2) is 36.4 Å². The van der Waals surface area contributed by atoms with Crippen LogP contribution in [0.5, 0.6) is 5.75 Å². The van der Waals surface area contributed by atoms with Gasteiger partial charge in [-0.05, 0) is 67.3 Å². The summed E-state index contributed by atoms with van der Waals surface area (Å²) in [4.78, 5) is 18.2. The van der Waals surface area contributed by atoms with Gasteiger partial charge in [0.1, 0.15) is 11.6 Å². The van der Waals surface area contributed by atoms with Gasteiger partial charge in [0.25, 0.3) is 0 Å². The number of rotatable bonds is 6. The van der Waals surface area contributed by atoms with Gasteiger partial charge in [-0.25, -0.2) is 14.0 Å². The molecule has 0 spiro atoms. The number of ether oxygens (including phenoxy) is 1. The molecular weight excluding hydrogens is 353 g/mol. The largest absolute Gasteiger partial charge is 0.496 e. The highest BCUT2D eigenvalue weighted by molar-refractivity contribution is 6.27. The summed E-state index contributed by atoms with van der Waals surface area (Å²) in [5.74, 6) is -2.89. The molecule has 0 unspecified atom stereocenters. The van der Waals surface area contributed by atoms with Gasteiger partial charge in [-0.15, -0.1) is 0 Å². The Morgan fingerprint density at radius 3 is 2.30 bits per heavy atom. The summed E-state index contributed by atoms with van der Waals surface area (Å²) in [6.45, 7) is 5.78. The second kappa shape index (κ2) is 10.9. The number of carboxylic acids is 2. The molecule has 0 fully saturated rings. The number of nitrogens with one attached hydrogen (secondary N) is 1. The minimum absolute atomic E-state index is 0.172. The van der Waals surface area contributed by atoms with Crippen LogP contribution < -0.4 is 10.1 Å². The molecule has 0 heterocycles. The first kappa shape index (κ1) is 22.1. The van der Waals surface area contributed by atoms with Gasteiger partial charge in [-0.2, -0.15) is 0 Å². The standard InChI is InChI=1S/C18H22FNO.C2H2O4/c1-13-10-18(21-3)14(2)9-16(13)12-20-8-7-15-5-4-6-17(19)11-15;3-1(4)2(5)6/h4-6,9-11,20H,7-8,12H2,1-3H3;(H,3,4)(H,5,6). The van der Waals surface area contributed by atoms with Gasteiger partial charge >= 0.3 is 11.9 Å². The quantitative estimate of drug-likeness (QED) is 0.529. The lowest BCUT2D eigenvalue weighted by molar-refractivity contribution is -0.159. The Balaban J connectivity index is 0.000000527. The summed E-state index contributed by atoms with van der Waals surface area (Å²) in [6, 6.07) is 11.0. The summed E-state index contributed by atoms with van der Waals surface area (Å²) >= 11 is 0. The average molecular weight is 377 g/mol. The fourth-order valence-electron chi connectivity index (χ4n) is 2.41. The molecule has 2 rings (SSSR count). The number of carboxylic acid groups (broad SMARTS) is 2. The predicted octanol–water partition coefficient (Wildman–Crippen LogP) is 2.94. The van der Waals surface area contributed by atoms with E-state index in [1.165, 1.54) is 17.2 Å². The Bertz CT molecular complexity index is 780. The van der Waals surface area contributed by atoms with Crippen LogP contribution >= 0.6 is 0 Å². The maximum absolute atomic E-state index is 13.1. The Hall–Kier alpha value is -2.93. The molecule has 27 heavy (non-hydrogen) atoms. The minimum atomic E-state index is -1.82. The normalized spacial score (nSPS) is 9.93. The summed E-state index contributed by atoms with van der Waals surface area (Å²) in [5, 5.41) is 18.2. The number of methoxy groups -OCH3 is 1. The Kier molecular flexibility index (Phi) is 8.95. The molecule has 146 valence electrons. The van der Waals surface area contributed by atoms with Crippen molar-refractivity contribution in [3.8, 4) is 5.75 Å². The molecular formula is C20H24FNO5. The van der Waals surface area contributed by atoms with Crippen LogP contribution in [-0.4, -0.2) is 35.8 Å². The van der Waals surface area contributed by atoms with E-state index in [2.05, 4.69) is 31.3 Å². The number of aliphatic carboxylic acids is 2. The van der Waals surface area contributed by atoms with Crippen LogP contribution in [-0.2, 0) is 22.6 Å². The third kappa shape index (κ3) is 7.87. The number of halogens is 1. The van der Waals surface area contributed by atoms with E-state index in [4.69, 9.17) is 24.5 Å². The Morgan fingerprint density at radius 1 is 1.07 bits per heavy atom. The molecule has 0 saturated carbocycles. The van der Waals surface area contributed by atoms with Gasteiger partial charge in [-0.1, -0.05) is 18.2 Å². The lowest BCUT2D eigenvalue weighted by Gasteiger charge is -2.12. The summed E-state index contributed by atoms with van der Waals surface area (Å²) < 4.78 is 18.4. The van der Waals surface area contributed by atoms with E-state index in [1.807, 2.05) is 6.07 Å². The van der Waals surface area contributed by atoms with Crippen LogP contribution in [0.1, 0.15) is 22.3 Å². The van der Waals surface area contributed by atoms with Crippen molar-refractivity contribution in [1.29, 1.82) is 0 Å². The first-order valence-corrected chi connectivity index (χ1v) is 8.30. The second-order valence-corrected chi connectivity index (χ2v) is 5.92. The second-order valence-electron chi connectivity index (χ2n) is 5.92. The lowest BCUT2D eigenvalue weighted by Crippen LogP contribution is -2.17. The lowest BCUT2D eigenvalue weighted by atomic mass is 10.0. The van der Waals surface area contributed by atoms with Crippen molar-refractivity contribution in [2.24, 2.45) is 0 Å². The van der Waals surface area contributed by atoms with Gasteiger partial charge in [0.15, 0.2) is 0 Å². The van der Waals surface area contributed by atoms with Gasteiger partial charge in [0, 0.05) is 6.54 Å². The van der Waals surface area contributed by atoms with E-state index in [-0.39, 0.29) is 5.82 Å². The first-order valence-electron chi connectivity index (χ1n) is 8.30. The van der Waals surface area contributed by atoms with E-state index in [0.717, 1.165) is 36.4 Å². The van der Waals surface area contributed by atoms with Gasteiger partial charge in [0.2, 0.25) is 0 Å². The molecule has 2 aromatic carbocycles. The van der Waals surface area contributed by atoms with Crippen molar-refractivity contribution in [3.63, 3.8) is 0 Å². The molecule has 0 atom stereocenters. The molecule has 0 aliphatic carbocycles. The minimum Gasteiger partial charge on any atom is -0.496 e. The highest BCUT2D eigenvalue weighted by Crippen LogP contribution is 2.22. The highest BCUT2D eigenvalue weighted by Gasteiger charge is 2.05. The van der Waals surface area contributed by atoms with Crippen LogP contribution in [0.4, 0.5) is 4.39 Å². The van der Waals surface area contributed by atoms with Crippen molar-refractivity contribution in [3.05, 3.63) is 64.5 Å². The van der Waals surface area contributed by atoms with Crippen molar-refractivity contribution >= 4 is 11.9 Å². The topological polar surface area (TPSA) is 95.9 Å². The first-order chi connectivity index (χ1) is 12.7. The van der Waals surface area contributed by atoms with Crippen molar-refractivity contribution in [2.75, 3.05) is 13.7 Å². The molecule has 6 nitrogen and oxygen atoms in total. The Labute approximate surface area is 157 Å². The smallest absolute Gasteiger partial charge is 0.414 e. The molecule has 0 aliphatic rings. The molecule has 2 aromatic rings. The van der Waals surface area contributed by atoms with E-state index in [1.54, 1.807) is 19.2 Å². The van der Waals surface area contributed by atoms with E-state index >= 15 is 0 Å². The zero-order valence-corrected chi connectivity index (χ0v) is 15.6. The maximum Gasteiger partial charge on any atom is 0.414 e. The number of carbonyl (C=O) groups is 2. The maximum atomic E-state index is 13.1. The molecule has 0 aromatic heterocycles. The van der Waals surface area contributed by atoms with Crippen LogP contribution in [0.3, 0.4) is 0 Å². The summed E-state index contributed by atoms with van der Waals surface area (Å²) in [7, 11) is 1.69. The molecule has 0 saturated heterocycles. The number of aryl methyl sites for hydroxylation is 2. The zero-order chi connectivity index (χ0) is 20.4. The van der Waals surface area contributed by atoms with E-state index in [0.29, 0.717) is 0 Å². The molecule has 0 aliphatic heterocycles. The highest BCUT2D eigenvalue weighted by atomic mass is 19.1. The van der Waals surface area contributed by atoms with Gasteiger partial charge < -0.3 is 20.3 Å². The molecule has 0 amide bonds. The third-order valence-corrected chi connectivity index (χ3v) is 3.83. The van der Waals surface area contributed by atoms with Crippen LogP contribution in [0.25, 0.3) is 0 Å². The fraction of sp³-hybridized carbons (Fsp3) is 0.300. The van der Waals surface area contributed by atoms with Gasteiger partial charge in [-0.3, -0.25) is 0 Å². The average Bonchev–Trinajstić information content (AvgIpc) is 2.61. The Morgan fingerprint density at radius 2 is 1.74 bits per heavy atom. The SMILES string of the molecule is COc1cc(C)c(CNCCc2cccc(F)c2)cc1C.O=C(O)C(=O)O. The number of hydrogen-bond donors (Lipinski definition) is 3. The van der Waals surface area contributed by atoms with E-state index in [9.17, 15) is 4.39 Å². The fourth-order valence-corrected chi connectivity index (χ4v) is 2.41. The number of hydrogen-bond acceptors (Lipinski definition) is 4. The van der Waals surface area contributed by atoms with Crippen LogP contribution in [0.2, 0.25) is 0 Å². The monoisotopic (exact) mass is 377 g/mol. The molecule has 3 N–H and O–H groups in total. The molecule has 7 heteroatoms. The predicted molar refractivity (Wildman–Crippen MR) is 99.6 cm³/mol. The van der Waals surface area contributed by atoms with Crippen molar-refractivity contribution in [1.82, 2.24) is 5.32 Å². The summed E-state index contributed by atoms with van der Waals surface area (Å²) in [5.41, 5.74) is 4.65. The van der Waals surface area contributed by atoms with E-state index < -0.39 is 11.9 Å². The van der Waals surface area contributed by atoms with Crippen molar-refractivity contribution in [2.45, 2.75) is 26.8 Å². The van der Waals surface area contributed by atoms with Crippen molar-refractivity contribution < 1.29 is 28.9 Å².